The molecule has 1 aliphatic rings. The first-order valence-electron chi connectivity index (χ1n) is 5.36. The number of H-pyrrole nitrogens is 1. The number of hydrogen-bond donors (Lipinski definition) is 3. The zero-order valence-corrected chi connectivity index (χ0v) is 9.59. The van der Waals surface area contributed by atoms with Crippen molar-refractivity contribution in [2.75, 3.05) is 6.61 Å². The minimum Gasteiger partial charge on any atom is -0.394 e. The lowest BCUT2D eigenvalue weighted by molar-refractivity contribution is -0.205. The fourth-order valence-electron chi connectivity index (χ4n) is 1.88. The Morgan fingerprint density at radius 1 is 1.67 bits per heavy atom. The molecule has 8 heteroatoms. The summed E-state index contributed by atoms with van der Waals surface area (Å²) in [5.41, 5.74) is -1.45. The van der Waals surface area contributed by atoms with E-state index >= 15 is 0 Å². The highest BCUT2D eigenvalue weighted by molar-refractivity contribution is 5.03. The molecule has 1 aliphatic heterocycles. The number of nitrogens with one attached hydrogen (secondary N) is 1. The Bertz CT molecular complexity index is 568. The van der Waals surface area contributed by atoms with E-state index in [1.54, 1.807) is 0 Å². The van der Waals surface area contributed by atoms with Crippen molar-refractivity contribution < 1.29 is 19.3 Å². The van der Waals surface area contributed by atoms with Gasteiger partial charge in [-0.25, -0.2) is 9.36 Å². The highest BCUT2D eigenvalue weighted by atomic mass is 19.2. The van der Waals surface area contributed by atoms with Gasteiger partial charge in [-0.1, -0.05) is 0 Å². The maximum absolute atomic E-state index is 14.5. The predicted octanol–water partition coefficient (Wildman–Crippen LogP) is -1.43. The minimum atomic E-state index is -2.57. The summed E-state index contributed by atoms with van der Waals surface area (Å²) in [6.45, 7) is 0.844. The van der Waals surface area contributed by atoms with Gasteiger partial charge in [0.05, 0.1) is 19.1 Å². The van der Waals surface area contributed by atoms with E-state index in [1.807, 2.05) is 4.98 Å². The number of alkyl halides is 1. The van der Waals surface area contributed by atoms with Crippen LogP contribution in [0.3, 0.4) is 0 Å². The summed E-state index contributed by atoms with van der Waals surface area (Å²) in [5.74, 6) is -2.57. The highest BCUT2D eigenvalue weighted by Gasteiger charge is 2.48. The van der Waals surface area contributed by atoms with Crippen molar-refractivity contribution in [3.63, 3.8) is 0 Å². The van der Waals surface area contributed by atoms with Crippen LogP contribution in [0.15, 0.2) is 15.8 Å². The zero-order chi connectivity index (χ0) is 13.5. The monoisotopic (exact) mass is 260 g/mol. The van der Waals surface area contributed by atoms with Crippen molar-refractivity contribution in [3.8, 4) is 0 Å². The Kier molecular flexibility index (Phi) is 3.09. The molecule has 1 aromatic heterocycles. The number of ether oxygens (including phenoxy) is 1. The molecule has 0 bridgehead atoms. The van der Waals surface area contributed by atoms with Crippen LogP contribution in [0.2, 0.25) is 0 Å². The maximum atomic E-state index is 14.5. The van der Waals surface area contributed by atoms with Crippen LogP contribution in [-0.2, 0) is 10.7 Å². The number of aromatic nitrogens is 2. The van der Waals surface area contributed by atoms with Crippen LogP contribution in [0.5, 0.6) is 0 Å². The number of aliphatic hydroxyl groups excluding tert-OH is 2. The molecule has 0 aromatic carbocycles. The molecule has 2 rings (SSSR count). The Morgan fingerprint density at radius 2 is 2.33 bits per heavy atom. The lowest BCUT2D eigenvalue weighted by atomic mass is 10.2. The van der Waals surface area contributed by atoms with Gasteiger partial charge in [0.15, 0.2) is 0 Å². The molecule has 2 heterocycles. The molecule has 0 radical (unpaired) electrons. The summed E-state index contributed by atoms with van der Waals surface area (Å²) in [4.78, 5) is 24.6. The second-order valence-electron chi connectivity index (χ2n) is 4.24. The molecule has 0 aliphatic carbocycles. The Balaban J connectivity index is 2.47. The van der Waals surface area contributed by atoms with E-state index < -0.39 is 42.5 Å². The average molecular weight is 260 g/mol. The second kappa shape index (κ2) is 4.30. The van der Waals surface area contributed by atoms with Gasteiger partial charge < -0.3 is 14.9 Å². The summed E-state index contributed by atoms with van der Waals surface area (Å²) in [6.07, 6.45) is -1.80. The standard InChI is InChI=1S/C10H13FN2O5/c1-5-3-13(9(17)12-8(5)16)10(11)2-6(15)7(4-14)18-10/h3,6-7,14-15H,2,4H2,1H3,(H,12,16,17)/t6-,7+,10-/m0/s1. The Labute approximate surface area is 100 Å². The van der Waals surface area contributed by atoms with Crippen LogP contribution < -0.4 is 11.2 Å². The quantitative estimate of drug-likeness (QED) is 0.604. The molecule has 100 valence electrons. The third-order valence-corrected chi connectivity index (χ3v) is 2.88. The summed E-state index contributed by atoms with van der Waals surface area (Å²) in [5, 5.41) is 18.4. The van der Waals surface area contributed by atoms with E-state index in [2.05, 4.69) is 0 Å². The molecule has 0 unspecified atom stereocenters. The number of hydrogen-bond acceptors (Lipinski definition) is 5. The first kappa shape index (κ1) is 12.9. The third kappa shape index (κ3) is 1.98. The van der Waals surface area contributed by atoms with Crippen molar-refractivity contribution in [1.29, 1.82) is 0 Å². The topological polar surface area (TPSA) is 105 Å². The van der Waals surface area contributed by atoms with E-state index in [-0.39, 0.29) is 5.56 Å². The lowest BCUT2D eigenvalue weighted by Gasteiger charge is -2.22. The second-order valence-corrected chi connectivity index (χ2v) is 4.24. The average Bonchev–Trinajstić information content (AvgIpc) is 2.59. The molecule has 1 fully saturated rings. The minimum absolute atomic E-state index is 0.136. The van der Waals surface area contributed by atoms with E-state index in [0.717, 1.165) is 6.20 Å². The first-order chi connectivity index (χ1) is 8.37. The van der Waals surface area contributed by atoms with E-state index in [0.29, 0.717) is 4.57 Å². The van der Waals surface area contributed by atoms with Gasteiger partial charge in [-0.05, 0) is 6.92 Å². The van der Waals surface area contributed by atoms with Crippen LogP contribution in [-0.4, -0.2) is 38.6 Å². The number of aryl methyl sites for hydroxylation is 1. The Morgan fingerprint density at radius 3 is 2.89 bits per heavy atom. The SMILES string of the molecule is Cc1cn([C@@]2(F)C[C@H](O)[C@@H](CO)O2)c(=O)[nH]c1=O. The van der Waals surface area contributed by atoms with Gasteiger partial charge in [-0.3, -0.25) is 9.78 Å². The van der Waals surface area contributed by atoms with Crippen LogP contribution in [0, 0.1) is 6.92 Å². The van der Waals surface area contributed by atoms with Gasteiger partial charge in [-0.2, -0.15) is 4.39 Å². The van der Waals surface area contributed by atoms with Gasteiger partial charge >= 0.3 is 5.69 Å². The van der Waals surface area contributed by atoms with Crippen molar-refractivity contribution >= 4 is 0 Å². The molecular formula is C10H13FN2O5. The third-order valence-electron chi connectivity index (χ3n) is 2.88. The van der Waals surface area contributed by atoms with Gasteiger partial charge in [-0.15, -0.1) is 0 Å². The largest absolute Gasteiger partial charge is 0.394 e. The molecular weight excluding hydrogens is 247 g/mol. The molecule has 18 heavy (non-hydrogen) atoms. The molecule has 0 saturated carbocycles. The molecule has 7 nitrogen and oxygen atoms in total. The summed E-state index contributed by atoms with van der Waals surface area (Å²) in [7, 11) is 0. The fourth-order valence-corrected chi connectivity index (χ4v) is 1.88. The van der Waals surface area contributed by atoms with E-state index in [1.165, 1.54) is 6.92 Å². The normalized spacial score (nSPS) is 31.8. The predicted molar refractivity (Wildman–Crippen MR) is 57.7 cm³/mol. The van der Waals surface area contributed by atoms with Crippen LogP contribution in [0.4, 0.5) is 4.39 Å². The van der Waals surface area contributed by atoms with Crippen molar-refractivity contribution in [2.45, 2.75) is 31.5 Å². The maximum Gasteiger partial charge on any atom is 0.332 e. The number of halogens is 1. The Hall–Kier alpha value is -1.51. The fraction of sp³-hybridized carbons (Fsp3) is 0.600. The molecule has 0 spiro atoms. The highest BCUT2D eigenvalue weighted by Crippen LogP contribution is 2.35. The molecule has 3 N–H and O–H groups in total. The molecule has 1 saturated heterocycles. The molecule has 1 aromatic rings. The first-order valence-corrected chi connectivity index (χ1v) is 5.36. The van der Waals surface area contributed by atoms with E-state index in [4.69, 9.17) is 9.84 Å². The van der Waals surface area contributed by atoms with Crippen molar-refractivity contribution in [1.82, 2.24) is 9.55 Å². The number of nitrogens with zero attached hydrogens (tertiary/aromatic N) is 1. The van der Waals surface area contributed by atoms with Crippen LogP contribution >= 0.6 is 0 Å². The van der Waals surface area contributed by atoms with Crippen LogP contribution in [0.25, 0.3) is 0 Å². The number of aromatic amines is 1. The van der Waals surface area contributed by atoms with Crippen molar-refractivity contribution in [3.05, 3.63) is 32.6 Å². The summed E-state index contributed by atoms with van der Waals surface area (Å²) in [6, 6.07) is 0. The van der Waals surface area contributed by atoms with E-state index in [9.17, 15) is 19.1 Å². The summed E-state index contributed by atoms with van der Waals surface area (Å²) < 4.78 is 19.9. The smallest absolute Gasteiger partial charge is 0.332 e. The number of aliphatic hydroxyl groups is 2. The van der Waals surface area contributed by atoms with Crippen LogP contribution in [0.1, 0.15) is 12.0 Å². The lowest BCUT2D eigenvalue weighted by Crippen LogP contribution is -2.42. The van der Waals surface area contributed by atoms with Crippen molar-refractivity contribution in [2.24, 2.45) is 0 Å². The van der Waals surface area contributed by atoms with Gasteiger partial charge in [0, 0.05) is 11.8 Å². The summed E-state index contributed by atoms with van der Waals surface area (Å²) >= 11 is 0. The molecule has 0 amide bonds. The molecule has 3 atom stereocenters. The zero-order valence-electron chi connectivity index (χ0n) is 9.59. The van der Waals surface area contributed by atoms with Gasteiger partial charge in [0.2, 0.25) is 0 Å². The van der Waals surface area contributed by atoms with Gasteiger partial charge in [0.1, 0.15) is 6.10 Å². The van der Waals surface area contributed by atoms with Gasteiger partial charge in [0.25, 0.3) is 11.5 Å². The number of rotatable bonds is 2.